The average Bonchev–Trinajstić information content (AvgIpc) is 3.19. The number of rotatable bonds is 5. The molecule has 2 aromatic carbocycles. The van der Waals surface area contributed by atoms with Gasteiger partial charge in [-0.2, -0.15) is 5.10 Å². The summed E-state index contributed by atoms with van der Waals surface area (Å²) >= 11 is 0. The summed E-state index contributed by atoms with van der Waals surface area (Å²) in [5.41, 5.74) is 2.80. The molecule has 0 aliphatic carbocycles. The van der Waals surface area contributed by atoms with Gasteiger partial charge in [0.15, 0.2) is 9.84 Å². The topological polar surface area (TPSA) is 74.8 Å². The second kappa shape index (κ2) is 6.66. The summed E-state index contributed by atoms with van der Waals surface area (Å²) in [6.45, 7) is 0.997. The van der Waals surface area contributed by atoms with Crippen LogP contribution in [-0.2, 0) is 16.4 Å². The van der Waals surface area contributed by atoms with Crippen molar-refractivity contribution >= 4 is 9.84 Å². The number of hydrogen-bond donors (Lipinski definition) is 2. The van der Waals surface area contributed by atoms with E-state index in [-0.39, 0.29) is 17.5 Å². The van der Waals surface area contributed by atoms with Crippen molar-refractivity contribution in [2.24, 2.45) is 0 Å². The molecule has 0 spiro atoms. The van der Waals surface area contributed by atoms with Gasteiger partial charge in [0, 0.05) is 30.1 Å². The number of aromatic amines is 1. The average molecular weight is 371 g/mol. The Morgan fingerprint density at radius 2 is 1.92 bits per heavy atom. The fourth-order valence-corrected chi connectivity index (χ4v) is 5.32. The van der Waals surface area contributed by atoms with Crippen molar-refractivity contribution in [3.63, 3.8) is 0 Å². The lowest BCUT2D eigenvalue weighted by Gasteiger charge is -2.12. The predicted octanol–water partition coefficient (Wildman–Crippen LogP) is 2.88. The van der Waals surface area contributed by atoms with Crippen LogP contribution in [0.4, 0.5) is 4.39 Å². The lowest BCUT2D eigenvalue weighted by atomic mass is 10.0. The molecule has 134 valence electrons. The first kappa shape index (κ1) is 16.9. The Bertz CT molecular complexity index is 1050. The van der Waals surface area contributed by atoms with Crippen LogP contribution in [0.25, 0.3) is 11.3 Å². The van der Waals surface area contributed by atoms with Crippen molar-refractivity contribution in [2.45, 2.75) is 17.4 Å². The molecule has 1 atom stereocenters. The third-order valence-corrected chi connectivity index (χ3v) is 6.56. The molecule has 0 amide bonds. The van der Waals surface area contributed by atoms with Gasteiger partial charge < -0.3 is 5.32 Å². The minimum absolute atomic E-state index is 0.0833. The van der Waals surface area contributed by atoms with E-state index in [1.165, 1.54) is 6.07 Å². The second-order valence-corrected chi connectivity index (χ2v) is 8.40. The number of halogens is 1. The Morgan fingerprint density at radius 3 is 2.77 bits per heavy atom. The van der Waals surface area contributed by atoms with Crippen LogP contribution in [0.2, 0.25) is 0 Å². The maximum atomic E-state index is 14.0. The fourth-order valence-electron chi connectivity index (χ4n) is 3.44. The van der Waals surface area contributed by atoms with E-state index in [4.69, 9.17) is 0 Å². The van der Waals surface area contributed by atoms with Gasteiger partial charge in [-0.15, -0.1) is 0 Å². The number of benzene rings is 2. The molecule has 1 aromatic heterocycles. The molecule has 2 heterocycles. The van der Waals surface area contributed by atoms with Crippen LogP contribution in [-0.4, -0.2) is 30.9 Å². The van der Waals surface area contributed by atoms with Crippen LogP contribution >= 0.6 is 0 Å². The standard InChI is InChI=1S/C19H18FN3O2S/c20-17-7-3-1-6-16(17)19-13(11-22-23-19)9-21-10-14-12-26(24,25)18-8-4-2-5-15(14)18/h1-8,11,14,21H,9-10,12H2,(H,22,23). The van der Waals surface area contributed by atoms with E-state index in [0.29, 0.717) is 29.2 Å². The van der Waals surface area contributed by atoms with Gasteiger partial charge in [0.1, 0.15) is 5.82 Å². The Hall–Kier alpha value is -2.51. The summed E-state index contributed by atoms with van der Waals surface area (Å²) in [5, 5.41) is 10.2. The smallest absolute Gasteiger partial charge is 0.179 e. The van der Waals surface area contributed by atoms with Crippen molar-refractivity contribution in [3.8, 4) is 11.3 Å². The van der Waals surface area contributed by atoms with Gasteiger partial charge in [-0.25, -0.2) is 12.8 Å². The van der Waals surface area contributed by atoms with Gasteiger partial charge in [0.05, 0.1) is 22.5 Å². The van der Waals surface area contributed by atoms with Crippen LogP contribution in [0, 0.1) is 5.82 Å². The van der Waals surface area contributed by atoms with Crippen LogP contribution in [0.3, 0.4) is 0 Å². The molecular formula is C19H18FN3O2S. The number of nitrogens with zero attached hydrogens (tertiary/aromatic N) is 1. The third kappa shape index (κ3) is 3.04. The second-order valence-electron chi connectivity index (χ2n) is 6.40. The highest BCUT2D eigenvalue weighted by Gasteiger charge is 2.33. The molecule has 26 heavy (non-hydrogen) atoms. The maximum Gasteiger partial charge on any atom is 0.179 e. The van der Waals surface area contributed by atoms with E-state index >= 15 is 0 Å². The zero-order valence-electron chi connectivity index (χ0n) is 13.9. The van der Waals surface area contributed by atoms with Gasteiger partial charge in [-0.1, -0.05) is 30.3 Å². The number of H-pyrrole nitrogens is 1. The van der Waals surface area contributed by atoms with Gasteiger partial charge in [-0.3, -0.25) is 5.10 Å². The Kier molecular flexibility index (Phi) is 4.34. The molecule has 2 N–H and O–H groups in total. The molecule has 0 radical (unpaired) electrons. The van der Waals surface area contributed by atoms with E-state index in [0.717, 1.165) is 11.1 Å². The van der Waals surface area contributed by atoms with Crippen LogP contribution in [0.1, 0.15) is 17.0 Å². The number of fused-ring (bicyclic) bond motifs is 1. The summed E-state index contributed by atoms with van der Waals surface area (Å²) in [6, 6.07) is 13.7. The molecule has 1 aliphatic rings. The molecule has 0 bridgehead atoms. The van der Waals surface area contributed by atoms with Crippen molar-refractivity contribution in [3.05, 3.63) is 71.7 Å². The molecule has 0 saturated carbocycles. The first-order valence-electron chi connectivity index (χ1n) is 8.36. The number of nitrogens with one attached hydrogen (secondary N) is 2. The molecule has 5 nitrogen and oxygen atoms in total. The molecule has 4 rings (SSSR count). The lowest BCUT2D eigenvalue weighted by Crippen LogP contribution is -2.22. The molecule has 7 heteroatoms. The number of aromatic nitrogens is 2. The minimum Gasteiger partial charge on any atom is -0.312 e. The summed E-state index contributed by atoms with van der Waals surface area (Å²) in [5.74, 6) is -0.279. The SMILES string of the molecule is O=S1(=O)CC(CNCc2cn[nH]c2-c2ccccc2F)c2ccccc21. The van der Waals surface area contributed by atoms with Crippen LogP contribution in [0.5, 0.6) is 0 Å². The zero-order chi connectivity index (χ0) is 18.1. The monoisotopic (exact) mass is 371 g/mol. The van der Waals surface area contributed by atoms with Gasteiger partial charge in [0.25, 0.3) is 0 Å². The Morgan fingerprint density at radius 1 is 1.15 bits per heavy atom. The van der Waals surface area contributed by atoms with Gasteiger partial charge >= 0.3 is 0 Å². The summed E-state index contributed by atoms with van der Waals surface area (Å²) in [6.07, 6.45) is 1.66. The number of hydrogen-bond acceptors (Lipinski definition) is 4. The van der Waals surface area contributed by atoms with Gasteiger partial charge in [0.2, 0.25) is 0 Å². The van der Waals surface area contributed by atoms with Crippen molar-refractivity contribution in [2.75, 3.05) is 12.3 Å². The highest BCUT2D eigenvalue weighted by atomic mass is 32.2. The predicted molar refractivity (Wildman–Crippen MR) is 96.9 cm³/mol. The van der Waals surface area contributed by atoms with E-state index in [1.54, 1.807) is 36.5 Å². The third-order valence-electron chi connectivity index (χ3n) is 4.68. The molecular weight excluding hydrogens is 353 g/mol. The first-order valence-corrected chi connectivity index (χ1v) is 10.0. The van der Waals surface area contributed by atoms with E-state index in [1.807, 2.05) is 12.1 Å². The van der Waals surface area contributed by atoms with Gasteiger partial charge in [-0.05, 0) is 23.8 Å². The quantitative estimate of drug-likeness (QED) is 0.723. The molecule has 0 saturated heterocycles. The molecule has 1 aliphatic heterocycles. The molecule has 3 aromatic rings. The van der Waals surface area contributed by atoms with Crippen LogP contribution in [0.15, 0.2) is 59.6 Å². The maximum absolute atomic E-state index is 14.0. The Labute approximate surface area is 151 Å². The largest absolute Gasteiger partial charge is 0.312 e. The fraction of sp³-hybridized carbons (Fsp3) is 0.211. The summed E-state index contributed by atoms with van der Waals surface area (Å²) in [7, 11) is -3.20. The minimum atomic E-state index is -3.20. The van der Waals surface area contributed by atoms with E-state index in [2.05, 4.69) is 15.5 Å². The Balaban J connectivity index is 1.48. The zero-order valence-corrected chi connectivity index (χ0v) is 14.8. The number of sulfone groups is 1. The molecule has 1 unspecified atom stereocenters. The van der Waals surface area contributed by atoms with Crippen LogP contribution < -0.4 is 5.32 Å². The first-order chi connectivity index (χ1) is 12.6. The summed E-state index contributed by atoms with van der Waals surface area (Å²) < 4.78 is 38.5. The van der Waals surface area contributed by atoms with Crippen molar-refractivity contribution in [1.29, 1.82) is 0 Å². The lowest BCUT2D eigenvalue weighted by molar-refractivity contribution is 0.588. The normalized spacial score (nSPS) is 18.0. The van der Waals surface area contributed by atoms with Crippen molar-refractivity contribution < 1.29 is 12.8 Å². The van der Waals surface area contributed by atoms with E-state index < -0.39 is 9.84 Å². The highest BCUT2D eigenvalue weighted by molar-refractivity contribution is 7.91. The van der Waals surface area contributed by atoms with Crippen molar-refractivity contribution in [1.82, 2.24) is 15.5 Å². The van der Waals surface area contributed by atoms with E-state index in [9.17, 15) is 12.8 Å². The highest BCUT2D eigenvalue weighted by Crippen LogP contribution is 2.34. The molecule has 0 fully saturated rings. The summed E-state index contributed by atoms with van der Waals surface area (Å²) in [4.78, 5) is 0.433.